The lowest BCUT2D eigenvalue weighted by Gasteiger charge is -2.32. The summed E-state index contributed by atoms with van der Waals surface area (Å²) in [5.74, 6) is 0.801. The van der Waals surface area contributed by atoms with Crippen LogP contribution >= 0.6 is 0 Å². The molecular weight excluding hydrogens is 352 g/mol. The van der Waals surface area contributed by atoms with E-state index < -0.39 is 0 Å². The summed E-state index contributed by atoms with van der Waals surface area (Å²) in [6.45, 7) is 2.78. The van der Waals surface area contributed by atoms with E-state index in [1.807, 2.05) is 44.3 Å². The van der Waals surface area contributed by atoms with E-state index in [9.17, 15) is 4.79 Å². The fourth-order valence-corrected chi connectivity index (χ4v) is 4.28. The summed E-state index contributed by atoms with van der Waals surface area (Å²) in [6, 6.07) is 10.0. The topological polar surface area (TPSA) is 57.7 Å². The van der Waals surface area contributed by atoms with Gasteiger partial charge in [0.1, 0.15) is 5.82 Å². The monoisotopic (exact) mass is 380 g/mol. The van der Waals surface area contributed by atoms with Crippen molar-refractivity contribution in [1.29, 1.82) is 0 Å². The zero-order valence-electron chi connectivity index (χ0n) is 16.8. The molecule has 0 radical (unpaired) electrons. The summed E-state index contributed by atoms with van der Waals surface area (Å²) in [4.78, 5) is 21.3. The smallest absolute Gasteiger partial charge is 0.260 e. The van der Waals surface area contributed by atoms with E-state index in [4.69, 9.17) is 4.74 Å². The highest BCUT2D eigenvalue weighted by Gasteiger charge is 2.29. The highest BCUT2D eigenvalue weighted by atomic mass is 16.5. The molecule has 1 amide bonds. The molecule has 2 heterocycles. The molecule has 2 aromatic rings. The van der Waals surface area contributed by atoms with Crippen molar-refractivity contribution in [3.63, 3.8) is 0 Å². The van der Waals surface area contributed by atoms with E-state index >= 15 is 0 Å². The number of benzene rings is 1. The average molecular weight is 380 g/mol. The van der Waals surface area contributed by atoms with Crippen molar-refractivity contribution < 1.29 is 9.53 Å². The third-order valence-electron chi connectivity index (χ3n) is 5.80. The van der Waals surface area contributed by atoms with Crippen LogP contribution in [0.3, 0.4) is 0 Å². The number of fused-ring (bicyclic) bond motifs is 2. The second-order valence-corrected chi connectivity index (χ2v) is 7.53. The third kappa shape index (κ3) is 3.33. The van der Waals surface area contributed by atoms with Crippen molar-refractivity contribution in [3.05, 3.63) is 42.1 Å². The van der Waals surface area contributed by atoms with Gasteiger partial charge in [0.05, 0.1) is 41.0 Å². The first-order valence-electron chi connectivity index (χ1n) is 10.1. The van der Waals surface area contributed by atoms with Gasteiger partial charge in [-0.05, 0) is 31.9 Å². The molecule has 6 nitrogen and oxygen atoms in total. The Labute approximate surface area is 166 Å². The van der Waals surface area contributed by atoms with E-state index in [1.165, 1.54) is 12.8 Å². The lowest BCUT2D eigenvalue weighted by atomic mass is 9.92. The molecule has 1 fully saturated rings. The van der Waals surface area contributed by atoms with Crippen LogP contribution in [0.2, 0.25) is 0 Å². The number of para-hydroxylation sites is 1. The summed E-state index contributed by atoms with van der Waals surface area (Å²) < 4.78 is 5.95. The quantitative estimate of drug-likeness (QED) is 0.861. The van der Waals surface area contributed by atoms with Crippen molar-refractivity contribution in [2.45, 2.75) is 44.8 Å². The minimum absolute atomic E-state index is 0.0209. The predicted molar refractivity (Wildman–Crippen MR) is 113 cm³/mol. The van der Waals surface area contributed by atoms with Gasteiger partial charge in [-0.2, -0.15) is 0 Å². The normalized spacial score (nSPS) is 21.8. The van der Waals surface area contributed by atoms with Gasteiger partial charge in [0.2, 0.25) is 0 Å². The molecule has 0 bridgehead atoms. The van der Waals surface area contributed by atoms with Crippen LogP contribution in [-0.2, 0) is 4.74 Å². The predicted octanol–water partition coefficient (Wildman–Crippen LogP) is 4.20. The number of hydrogen-bond acceptors (Lipinski definition) is 5. The summed E-state index contributed by atoms with van der Waals surface area (Å²) in [7, 11) is 3.80. The van der Waals surface area contributed by atoms with E-state index in [0.29, 0.717) is 5.56 Å². The minimum Gasteiger partial charge on any atom is -0.376 e. The van der Waals surface area contributed by atoms with Gasteiger partial charge in [-0.15, -0.1) is 0 Å². The standard InChI is InChI=1S/C22H28N4O2/c1-4-28-20-12-8-6-10-16(20)24-21-13-18-19(14-23-21)26(3)22(27)15-9-5-7-11-17(15)25(18)2/h5,7,9,11,13-14,16,20H,4,6,8,10,12H2,1-3H3,(H,23,24)/t16-,20?/m1/s1. The van der Waals surface area contributed by atoms with E-state index in [-0.39, 0.29) is 18.1 Å². The van der Waals surface area contributed by atoms with Crippen molar-refractivity contribution in [3.8, 4) is 0 Å². The van der Waals surface area contributed by atoms with Crippen LogP contribution in [0.25, 0.3) is 0 Å². The number of amides is 1. The Morgan fingerprint density at radius 1 is 1.11 bits per heavy atom. The Morgan fingerprint density at radius 3 is 2.71 bits per heavy atom. The molecule has 4 rings (SSSR count). The van der Waals surface area contributed by atoms with Gasteiger partial charge in [-0.3, -0.25) is 4.79 Å². The van der Waals surface area contributed by atoms with Gasteiger partial charge in [0, 0.05) is 26.8 Å². The molecule has 1 saturated carbocycles. The molecule has 2 atom stereocenters. The van der Waals surface area contributed by atoms with E-state index in [1.54, 1.807) is 18.1 Å². The maximum atomic E-state index is 12.9. The molecule has 6 heteroatoms. The molecular formula is C22H28N4O2. The molecule has 28 heavy (non-hydrogen) atoms. The Hall–Kier alpha value is -2.60. The first kappa shape index (κ1) is 18.7. The number of aromatic nitrogens is 1. The summed E-state index contributed by atoms with van der Waals surface area (Å²) >= 11 is 0. The van der Waals surface area contributed by atoms with Gasteiger partial charge in [0.15, 0.2) is 0 Å². The second kappa shape index (κ2) is 7.80. The molecule has 2 aliphatic rings. The van der Waals surface area contributed by atoms with Gasteiger partial charge in [-0.1, -0.05) is 25.0 Å². The fourth-order valence-electron chi connectivity index (χ4n) is 4.28. The Kier molecular flexibility index (Phi) is 5.22. The molecule has 0 saturated heterocycles. The number of carbonyl (C=O) groups excluding carboxylic acids is 1. The fraction of sp³-hybridized carbons (Fsp3) is 0.455. The number of nitrogens with zero attached hydrogens (tertiary/aromatic N) is 3. The molecule has 148 valence electrons. The van der Waals surface area contributed by atoms with Crippen LogP contribution in [-0.4, -0.2) is 43.7 Å². The maximum Gasteiger partial charge on any atom is 0.260 e. The Morgan fingerprint density at radius 2 is 1.89 bits per heavy atom. The SMILES string of the molecule is CCOC1CCCC[C@H]1Nc1cc2c(cn1)N(C)C(=O)c1ccccc1N2C. The van der Waals surface area contributed by atoms with Crippen LogP contribution < -0.4 is 15.1 Å². The van der Waals surface area contributed by atoms with E-state index in [0.717, 1.165) is 42.3 Å². The number of anilines is 4. The third-order valence-corrected chi connectivity index (χ3v) is 5.80. The van der Waals surface area contributed by atoms with Gasteiger partial charge >= 0.3 is 0 Å². The first-order valence-corrected chi connectivity index (χ1v) is 10.1. The van der Waals surface area contributed by atoms with Gasteiger partial charge < -0.3 is 19.9 Å². The number of rotatable bonds is 4. The number of hydrogen-bond donors (Lipinski definition) is 1. The van der Waals surface area contributed by atoms with Crippen molar-refractivity contribution in [1.82, 2.24) is 4.98 Å². The molecule has 1 aliphatic carbocycles. The summed E-state index contributed by atoms with van der Waals surface area (Å²) in [6.07, 6.45) is 6.60. The van der Waals surface area contributed by atoms with Crippen molar-refractivity contribution >= 4 is 28.8 Å². The number of carbonyl (C=O) groups is 1. The van der Waals surface area contributed by atoms with Crippen LogP contribution in [0.1, 0.15) is 43.0 Å². The highest BCUT2D eigenvalue weighted by Crippen LogP contribution is 2.40. The van der Waals surface area contributed by atoms with Crippen LogP contribution in [0.4, 0.5) is 22.9 Å². The molecule has 1 unspecified atom stereocenters. The maximum absolute atomic E-state index is 12.9. The van der Waals surface area contributed by atoms with Crippen molar-refractivity contribution in [2.75, 3.05) is 35.8 Å². The summed E-state index contributed by atoms with van der Waals surface area (Å²) in [5, 5.41) is 3.59. The zero-order valence-corrected chi connectivity index (χ0v) is 16.8. The number of pyridine rings is 1. The molecule has 1 aromatic heterocycles. The summed E-state index contributed by atoms with van der Waals surface area (Å²) in [5.41, 5.74) is 3.36. The van der Waals surface area contributed by atoms with E-state index in [2.05, 4.69) is 15.2 Å². The first-order chi connectivity index (χ1) is 13.6. The Balaban J connectivity index is 1.67. The number of nitrogens with one attached hydrogen (secondary N) is 1. The zero-order chi connectivity index (χ0) is 19.7. The van der Waals surface area contributed by atoms with Gasteiger partial charge in [-0.25, -0.2) is 4.98 Å². The van der Waals surface area contributed by atoms with Crippen molar-refractivity contribution in [2.24, 2.45) is 0 Å². The average Bonchev–Trinajstić information content (AvgIpc) is 2.80. The van der Waals surface area contributed by atoms with Crippen LogP contribution in [0.15, 0.2) is 36.5 Å². The Bertz CT molecular complexity index is 867. The molecule has 1 aliphatic heterocycles. The van der Waals surface area contributed by atoms with Crippen LogP contribution in [0, 0.1) is 0 Å². The highest BCUT2D eigenvalue weighted by molar-refractivity contribution is 6.13. The lowest BCUT2D eigenvalue weighted by Crippen LogP contribution is -2.38. The van der Waals surface area contributed by atoms with Crippen LogP contribution in [0.5, 0.6) is 0 Å². The lowest BCUT2D eigenvalue weighted by molar-refractivity contribution is 0.0280. The van der Waals surface area contributed by atoms with Gasteiger partial charge in [0.25, 0.3) is 5.91 Å². The molecule has 0 spiro atoms. The molecule has 1 aromatic carbocycles. The number of ether oxygens (including phenoxy) is 1. The molecule has 1 N–H and O–H groups in total. The largest absolute Gasteiger partial charge is 0.376 e. The minimum atomic E-state index is -0.0209. The second-order valence-electron chi connectivity index (χ2n) is 7.53.